The van der Waals surface area contributed by atoms with E-state index < -0.39 is 40.5 Å². The number of carbonyl (C=O) groups is 2. The molecule has 0 aromatic heterocycles. The van der Waals surface area contributed by atoms with Crippen LogP contribution in [-0.2, 0) is 4.74 Å². The topological polar surface area (TPSA) is 75.6 Å². The maximum Gasteiger partial charge on any atom is 0.412 e. The lowest BCUT2D eigenvalue weighted by molar-refractivity contribution is 0.0635. The molecular formula is C12H12BrF2NO4. The zero-order chi connectivity index (χ0) is 15.7. The summed E-state index contributed by atoms with van der Waals surface area (Å²) in [4.78, 5) is 22.5. The number of carbonyl (C=O) groups excluding carboxylic acids is 1. The second kappa shape index (κ2) is 5.74. The van der Waals surface area contributed by atoms with Crippen LogP contribution < -0.4 is 5.32 Å². The molecule has 0 aliphatic carbocycles. The highest BCUT2D eigenvalue weighted by molar-refractivity contribution is 9.10. The van der Waals surface area contributed by atoms with E-state index in [2.05, 4.69) is 15.9 Å². The number of amides is 1. The van der Waals surface area contributed by atoms with Crippen LogP contribution in [0.4, 0.5) is 19.3 Å². The van der Waals surface area contributed by atoms with Gasteiger partial charge in [-0.25, -0.2) is 18.4 Å². The van der Waals surface area contributed by atoms with Crippen molar-refractivity contribution in [1.29, 1.82) is 0 Å². The Hall–Kier alpha value is -1.70. The van der Waals surface area contributed by atoms with E-state index in [1.165, 1.54) is 0 Å². The molecule has 0 saturated carbocycles. The lowest BCUT2D eigenvalue weighted by Crippen LogP contribution is -2.28. The minimum Gasteiger partial charge on any atom is -0.478 e. The third kappa shape index (κ3) is 3.89. The third-order valence-corrected chi connectivity index (χ3v) is 2.59. The molecule has 1 amide bonds. The molecule has 110 valence electrons. The van der Waals surface area contributed by atoms with Crippen molar-refractivity contribution < 1.29 is 28.2 Å². The fraction of sp³-hybridized carbons (Fsp3) is 0.333. The van der Waals surface area contributed by atoms with Gasteiger partial charge in [0.2, 0.25) is 0 Å². The van der Waals surface area contributed by atoms with Crippen molar-refractivity contribution in [3.63, 3.8) is 0 Å². The molecule has 1 aromatic rings. The normalized spacial score (nSPS) is 11.1. The number of rotatable bonds is 2. The van der Waals surface area contributed by atoms with Crippen molar-refractivity contribution in [3.05, 3.63) is 27.7 Å². The van der Waals surface area contributed by atoms with E-state index in [1.807, 2.05) is 5.32 Å². The monoisotopic (exact) mass is 351 g/mol. The Kier molecular flexibility index (Phi) is 4.69. The van der Waals surface area contributed by atoms with Gasteiger partial charge in [-0.05, 0) is 42.8 Å². The Morgan fingerprint density at radius 2 is 1.90 bits per heavy atom. The molecule has 0 fully saturated rings. The minimum absolute atomic E-state index is 0.314. The molecule has 1 aromatic carbocycles. The van der Waals surface area contributed by atoms with Gasteiger partial charge >= 0.3 is 12.1 Å². The van der Waals surface area contributed by atoms with Gasteiger partial charge in [0.1, 0.15) is 17.0 Å². The molecule has 0 saturated heterocycles. The van der Waals surface area contributed by atoms with Crippen LogP contribution in [-0.4, -0.2) is 22.8 Å². The van der Waals surface area contributed by atoms with E-state index in [4.69, 9.17) is 9.84 Å². The number of hydrogen-bond donors (Lipinski definition) is 2. The van der Waals surface area contributed by atoms with Crippen LogP contribution in [0.3, 0.4) is 0 Å². The molecule has 0 aliphatic rings. The minimum atomic E-state index is -1.71. The lowest BCUT2D eigenvalue weighted by atomic mass is 10.1. The fourth-order valence-electron chi connectivity index (χ4n) is 1.33. The first kappa shape index (κ1) is 16.4. The second-order valence-electron chi connectivity index (χ2n) is 4.84. The highest BCUT2D eigenvalue weighted by Gasteiger charge is 2.26. The predicted molar refractivity (Wildman–Crippen MR) is 70.9 cm³/mol. The Morgan fingerprint density at radius 1 is 1.35 bits per heavy atom. The van der Waals surface area contributed by atoms with Crippen molar-refractivity contribution >= 4 is 33.7 Å². The summed E-state index contributed by atoms with van der Waals surface area (Å²) in [5.41, 5.74) is -2.63. The van der Waals surface area contributed by atoms with Gasteiger partial charge in [0.25, 0.3) is 0 Å². The number of carboxylic acids is 1. The smallest absolute Gasteiger partial charge is 0.412 e. The zero-order valence-corrected chi connectivity index (χ0v) is 12.5. The van der Waals surface area contributed by atoms with Crippen molar-refractivity contribution in [2.24, 2.45) is 0 Å². The molecule has 0 aliphatic heterocycles. The quantitative estimate of drug-likeness (QED) is 0.795. The molecule has 0 radical (unpaired) electrons. The van der Waals surface area contributed by atoms with Gasteiger partial charge in [-0.1, -0.05) is 0 Å². The van der Waals surface area contributed by atoms with Crippen LogP contribution in [0.15, 0.2) is 10.5 Å². The second-order valence-corrected chi connectivity index (χ2v) is 5.69. The van der Waals surface area contributed by atoms with Gasteiger partial charge in [0, 0.05) is 0 Å². The molecular weight excluding hydrogens is 340 g/mol. The Balaban J connectivity index is 3.23. The summed E-state index contributed by atoms with van der Waals surface area (Å²) < 4.78 is 32.0. The van der Waals surface area contributed by atoms with Crippen LogP contribution in [0.25, 0.3) is 0 Å². The van der Waals surface area contributed by atoms with E-state index in [-0.39, 0.29) is 4.47 Å². The van der Waals surface area contributed by atoms with Gasteiger partial charge in [-0.15, -0.1) is 0 Å². The Bertz CT molecular complexity index is 570. The van der Waals surface area contributed by atoms with Crippen molar-refractivity contribution in [2.45, 2.75) is 26.4 Å². The van der Waals surface area contributed by atoms with E-state index in [1.54, 1.807) is 20.8 Å². The van der Waals surface area contributed by atoms with Gasteiger partial charge in [-0.2, -0.15) is 0 Å². The van der Waals surface area contributed by atoms with E-state index in [0.29, 0.717) is 6.07 Å². The first-order valence-corrected chi connectivity index (χ1v) is 6.23. The van der Waals surface area contributed by atoms with Crippen molar-refractivity contribution in [1.82, 2.24) is 0 Å². The summed E-state index contributed by atoms with van der Waals surface area (Å²) in [6.07, 6.45) is -1.09. The van der Waals surface area contributed by atoms with Crippen LogP contribution in [0.1, 0.15) is 31.1 Å². The van der Waals surface area contributed by atoms with E-state index >= 15 is 0 Å². The predicted octanol–water partition coefficient (Wildman–Crippen LogP) is 3.77. The summed E-state index contributed by atoms with van der Waals surface area (Å²) in [5, 5.41) is 10.8. The summed E-state index contributed by atoms with van der Waals surface area (Å²) in [5.74, 6) is -3.99. The number of aromatic carboxylic acids is 1. The molecule has 2 N–H and O–H groups in total. The summed E-state index contributed by atoms with van der Waals surface area (Å²) in [7, 11) is 0. The SMILES string of the molecule is CC(C)(C)OC(=O)Nc1c(F)c(Br)cc(F)c1C(=O)O. The number of nitrogens with one attached hydrogen (secondary N) is 1. The third-order valence-electron chi connectivity index (χ3n) is 2.01. The number of halogens is 3. The lowest BCUT2D eigenvalue weighted by Gasteiger charge is -2.20. The molecule has 0 spiro atoms. The fourth-order valence-corrected chi connectivity index (χ4v) is 1.73. The number of carboxylic acid groups (broad SMARTS) is 1. The maximum absolute atomic E-state index is 13.8. The average molecular weight is 352 g/mol. The summed E-state index contributed by atoms with van der Waals surface area (Å²) >= 11 is 2.73. The molecule has 0 unspecified atom stereocenters. The maximum atomic E-state index is 13.8. The molecule has 1 rings (SSSR count). The molecule has 0 atom stereocenters. The first-order chi connectivity index (χ1) is 9.03. The standard InChI is InChI=1S/C12H12BrF2NO4/c1-12(2,3)20-11(19)16-9-7(10(17)18)6(14)4-5(13)8(9)15/h4H,1-3H3,(H,16,19)(H,17,18). The molecule has 20 heavy (non-hydrogen) atoms. The zero-order valence-electron chi connectivity index (χ0n) is 10.9. The van der Waals surface area contributed by atoms with Crippen molar-refractivity contribution in [2.75, 3.05) is 5.32 Å². The van der Waals surface area contributed by atoms with Crippen LogP contribution in [0.2, 0.25) is 0 Å². The van der Waals surface area contributed by atoms with Crippen molar-refractivity contribution in [3.8, 4) is 0 Å². The summed E-state index contributed by atoms with van der Waals surface area (Å²) in [6.45, 7) is 4.72. The highest BCUT2D eigenvalue weighted by Crippen LogP contribution is 2.30. The number of hydrogen-bond acceptors (Lipinski definition) is 3. The number of benzene rings is 1. The van der Waals surface area contributed by atoms with Gasteiger partial charge in [0.15, 0.2) is 5.82 Å². The Morgan fingerprint density at radius 3 is 2.35 bits per heavy atom. The highest BCUT2D eigenvalue weighted by atomic mass is 79.9. The van der Waals surface area contributed by atoms with Crippen LogP contribution in [0.5, 0.6) is 0 Å². The first-order valence-electron chi connectivity index (χ1n) is 5.43. The molecule has 5 nitrogen and oxygen atoms in total. The number of ether oxygens (including phenoxy) is 1. The Labute approximate surface area is 122 Å². The molecule has 0 bridgehead atoms. The average Bonchev–Trinajstić information content (AvgIpc) is 2.22. The molecule has 8 heteroatoms. The van der Waals surface area contributed by atoms with Gasteiger partial charge < -0.3 is 9.84 Å². The molecule has 0 heterocycles. The van der Waals surface area contributed by atoms with Gasteiger partial charge in [0.05, 0.1) is 10.2 Å². The van der Waals surface area contributed by atoms with Crippen LogP contribution in [0, 0.1) is 11.6 Å². The van der Waals surface area contributed by atoms with Crippen LogP contribution >= 0.6 is 15.9 Å². The van der Waals surface area contributed by atoms with E-state index in [9.17, 15) is 18.4 Å². The summed E-state index contributed by atoms with van der Waals surface area (Å²) in [6, 6.07) is 0.666. The van der Waals surface area contributed by atoms with E-state index in [0.717, 1.165) is 0 Å². The number of anilines is 1. The largest absolute Gasteiger partial charge is 0.478 e. The van der Waals surface area contributed by atoms with Gasteiger partial charge in [-0.3, -0.25) is 5.32 Å².